The second-order valence-corrected chi connectivity index (χ2v) is 6.79. The molecule has 5 heteroatoms. The molecule has 0 unspecified atom stereocenters. The summed E-state index contributed by atoms with van der Waals surface area (Å²) in [6.07, 6.45) is -4.85. The summed E-state index contributed by atoms with van der Waals surface area (Å²) in [6, 6.07) is -0.504. The molecule has 1 aromatic carbocycles. The Morgan fingerprint density at radius 2 is 2.19 bits per heavy atom. The van der Waals surface area contributed by atoms with Crippen LogP contribution in [0.5, 0.6) is 0 Å². The highest BCUT2D eigenvalue weighted by molar-refractivity contribution is 7.09. The van der Waals surface area contributed by atoms with Gasteiger partial charge in [0.25, 0.3) is 0 Å². The van der Waals surface area contributed by atoms with Crippen LogP contribution in [-0.2, 0) is 15.9 Å². The third-order valence-electron chi connectivity index (χ3n) is 4.36. The van der Waals surface area contributed by atoms with Crippen molar-refractivity contribution in [3.63, 3.8) is 0 Å². The van der Waals surface area contributed by atoms with Crippen molar-refractivity contribution in [1.29, 1.82) is 0 Å². The number of carbonyl (C=O) groups is 1. The first-order valence-electron chi connectivity index (χ1n) is 14.2. The number of hydrogen-bond acceptors (Lipinski definition) is 4. The fourth-order valence-electron chi connectivity index (χ4n) is 2.96. The largest absolute Gasteiger partial charge is 0.358 e. The van der Waals surface area contributed by atoms with Gasteiger partial charge in [0.05, 0.1) is 11.0 Å². The fraction of sp³-hybridized carbons (Fsp3) is 0.476. The highest BCUT2D eigenvalue weighted by Crippen LogP contribution is 2.34. The maximum Gasteiger partial charge on any atom is 0.229 e. The van der Waals surface area contributed by atoms with Crippen molar-refractivity contribution in [2.75, 3.05) is 31.6 Å². The molecule has 1 aromatic heterocycles. The van der Waals surface area contributed by atoms with Crippen molar-refractivity contribution in [2.45, 2.75) is 38.2 Å². The first-order valence-corrected chi connectivity index (χ1v) is 9.07. The van der Waals surface area contributed by atoms with Crippen molar-refractivity contribution in [2.24, 2.45) is 0 Å². The van der Waals surface area contributed by atoms with Crippen LogP contribution in [0.4, 0.5) is 5.69 Å². The first-order chi connectivity index (χ1) is 17.3. The summed E-state index contributed by atoms with van der Waals surface area (Å²) >= 11 is 1.25. The Bertz CT molecular complexity index is 1140. The SMILES string of the molecule is [2H]c1c([2H])c([2H])c(N(C(=O)C([2H])([2H])C)C2(OC([2H])([2H])[2H])CCN(CC([2H])([2H])c3cccs3)CC2)c([2H])c1[2H]. The molecule has 0 saturated carbocycles. The Kier molecular flexibility index (Phi) is 3.05. The molecule has 4 nitrogen and oxygen atoms in total. The summed E-state index contributed by atoms with van der Waals surface area (Å²) in [5.74, 6) is -1.33. The predicted octanol–water partition coefficient (Wildman–Crippen LogP) is 4.17. The van der Waals surface area contributed by atoms with Crippen LogP contribution in [0.1, 0.15) is 47.5 Å². The van der Waals surface area contributed by atoms with Crippen molar-refractivity contribution in [1.82, 2.24) is 4.90 Å². The number of anilines is 1. The van der Waals surface area contributed by atoms with Crippen molar-refractivity contribution >= 4 is 22.9 Å². The molecule has 140 valence electrons. The van der Waals surface area contributed by atoms with Crippen LogP contribution in [0.2, 0.25) is 0 Å². The van der Waals surface area contributed by atoms with Gasteiger partial charge >= 0.3 is 0 Å². The van der Waals surface area contributed by atoms with Gasteiger partial charge in [-0.05, 0) is 29.9 Å². The Labute approximate surface area is 177 Å². The van der Waals surface area contributed by atoms with Crippen LogP contribution >= 0.6 is 11.3 Å². The van der Waals surface area contributed by atoms with Gasteiger partial charge in [-0.3, -0.25) is 9.69 Å². The van der Waals surface area contributed by atoms with Gasteiger partial charge in [0.1, 0.15) is 5.72 Å². The summed E-state index contributed by atoms with van der Waals surface area (Å²) in [5.41, 5.74) is -2.79. The lowest BCUT2D eigenvalue weighted by atomic mass is 9.96. The van der Waals surface area contributed by atoms with E-state index in [1.165, 1.54) is 11.3 Å². The molecule has 0 radical (unpaired) electrons. The van der Waals surface area contributed by atoms with Gasteiger partial charge in [-0.15, -0.1) is 11.3 Å². The minimum atomic E-state index is -3.10. The monoisotopic (exact) mass is 384 g/mol. The van der Waals surface area contributed by atoms with E-state index in [0.717, 1.165) is 6.92 Å². The number of nitrogens with zero attached hydrogens (tertiary/aromatic N) is 2. The molecule has 26 heavy (non-hydrogen) atoms. The molecule has 0 bridgehead atoms. The molecule has 1 amide bonds. The van der Waals surface area contributed by atoms with Crippen LogP contribution < -0.4 is 4.90 Å². The Balaban J connectivity index is 2.11. The number of piperidine rings is 1. The lowest BCUT2D eigenvalue weighted by Gasteiger charge is -2.47. The summed E-state index contributed by atoms with van der Waals surface area (Å²) in [4.78, 5) is 16.3. The molecule has 2 aromatic rings. The standard InChI is InChI=1S/C21H28N2O2S/c1-3-20(24)23(18-8-5-4-6-9-18)21(25-2)12-15-22(16-13-21)14-11-19-10-7-17-26-19/h4-10,17H,3,11-16H2,1-2H3/i2D3,3D2,4D,5D,6D,8D,9D,11D2. The zero-order valence-electron chi connectivity index (χ0n) is 26.4. The fourth-order valence-corrected chi connectivity index (χ4v) is 3.57. The number of likely N-dealkylation sites (tertiary alicyclic amines) is 1. The maximum atomic E-state index is 13.5. The Morgan fingerprint density at radius 1 is 1.42 bits per heavy atom. The average molecular weight is 385 g/mol. The Hall–Kier alpha value is -1.69. The lowest BCUT2D eigenvalue weighted by molar-refractivity contribution is -0.128. The third kappa shape index (κ3) is 4.17. The molecular weight excluding hydrogens is 344 g/mol. The van der Waals surface area contributed by atoms with Crippen molar-refractivity contribution in [3.8, 4) is 0 Å². The van der Waals surface area contributed by atoms with E-state index in [-0.39, 0.29) is 32.5 Å². The number of ether oxygens (including phenoxy) is 1. The molecule has 3 rings (SSSR count). The lowest BCUT2D eigenvalue weighted by Crippen LogP contribution is -2.59. The van der Waals surface area contributed by atoms with Gasteiger partial charge in [0.15, 0.2) is 0 Å². The van der Waals surface area contributed by atoms with E-state index >= 15 is 0 Å². The van der Waals surface area contributed by atoms with Crippen molar-refractivity contribution < 1.29 is 26.0 Å². The molecule has 1 saturated heterocycles. The minimum Gasteiger partial charge on any atom is -0.358 e. The molecule has 1 fully saturated rings. The zero-order chi connectivity index (χ0) is 28.8. The number of amides is 1. The predicted molar refractivity (Wildman–Crippen MR) is 108 cm³/mol. The van der Waals surface area contributed by atoms with Gasteiger partial charge in [0, 0.05) is 61.9 Å². The minimum absolute atomic E-state index is 0.0239. The quantitative estimate of drug-likeness (QED) is 0.672. The molecule has 0 spiro atoms. The number of para-hydroxylation sites is 1. The molecular formula is C21H28N2O2S. The van der Waals surface area contributed by atoms with E-state index in [4.69, 9.17) is 21.2 Å². The second-order valence-electron chi connectivity index (χ2n) is 5.84. The summed E-state index contributed by atoms with van der Waals surface area (Å²) in [5, 5.41) is 1.75. The third-order valence-corrected chi connectivity index (χ3v) is 5.19. The molecule has 0 N–H and O–H groups in total. The Morgan fingerprint density at radius 3 is 2.81 bits per heavy atom. The molecule has 1 aliphatic heterocycles. The van der Waals surface area contributed by atoms with Crippen LogP contribution in [0.15, 0.2) is 47.7 Å². The molecule has 0 atom stereocenters. The van der Waals surface area contributed by atoms with E-state index in [1.54, 1.807) is 22.4 Å². The van der Waals surface area contributed by atoms with E-state index in [1.807, 2.05) is 0 Å². The van der Waals surface area contributed by atoms with E-state index in [9.17, 15) is 4.79 Å². The van der Waals surface area contributed by atoms with Crippen LogP contribution in [0.25, 0.3) is 0 Å². The molecule has 0 aliphatic carbocycles. The van der Waals surface area contributed by atoms with Crippen LogP contribution in [0.3, 0.4) is 0 Å². The number of methoxy groups -OCH3 is 1. The van der Waals surface area contributed by atoms with Crippen LogP contribution in [0, 0.1) is 0 Å². The number of thiophene rings is 1. The van der Waals surface area contributed by atoms with Gasteiger partial charge in [-0.25, -0.2) is 0 Å². The number of benzene rings is 1. The average Bonchev–Trinajstić information content (AvgIpc) is 3.35. The molecule has 1 aliphatic rings. The summed E-state index contributed by atoms with van der Waals surface area (Å²) < 4.78 is 103. The van der Waals surface area contributed by atoms with Crippen LogP contribution in [-0.4, -0.2) is 43.2 Å². The normalized spacial score (nSPS) is 25.4. The first kappa shape index (κ1) is 9.00. The van der Waals surface area contributed by atoms with E-state index < -0.39 is 67.3 Å². The zero-order valence-corrected chi connectivity index (χ0v) is 15.2. The number of carbonyl (C=O) groups excluding carboxylic acids is 1. The van der Waals surface area contributed by atoms with Gasteiger partial charge in [0.2, 0.25) is 5.91 Å². The summed E-state index contributed by atoms with van der Waals surface area (Å²) in [6.45, 7) is 0.923. The maximum absolute atomic E-state index is 13.5. The highest BCUT2D eigenvalue weighted by atomic mass is 32.1. The summed E-state index contributed by atoms with van der Waals surface area (Å²) in [7, 11) is -3.10. The second kappa shape index (κ2) is 8.80. The number of rotatable bonds is 7. The van der Waals surface area contributed by atoms with Gasteiger partial charge < -0.3 is 9.64 Å². The van der Waals surface area contributed by atoms with E-state index in [0.29, 0.717) is 9.78 Å². The van der Waals surface area contributed by atoms with E-state index in [2.05, 4.69) is 0 Å². The highest BCUT2D eigenvalue weighted by Gasteiger charge is 2.42. The smallest absolute Gasteiger partial charge is 0.229 e. The topological polar surface area (TPSA) is 32.8 Å². The van der Waals surface area contributed by atoms with Gasteiger partial charge in [-0.1, -0.05) is 31.1 Å². The van der Waals surface area contributed by atoms with Gasteiger partial charge in [-0.2, -0.15) is 0 Å². The van der Waals surface area contributed by atoms with Crippen molar-refractivity contribution in [3.05, 3.63) is 52.6 Å². The molecule has 2 heterocycles. The number of hydrogen-bond donors (Lipinski definition) is 0.